The summed E-state index contributed by atoms with van der Waals surface area (Å²) in [5, 5.41) is 0. The Morgan fingerprint density at radius 2 is 2.06 bits per heavy atom. The van der Waals surface area contributed by atoms with Crippen molar-refractivity contribution in [2.75, 3.05) is 0 Å². The predicted octanol–water partition coefficient (Wildman–Crippen LogP) is 3.17. The molecule has 0 heterocycles. The van der Waals surface area contributed by atoms with Crippen LogP contribution in [0.15, 0.2) is 18.2 Å². The second-order valence-electron chi connectivity index (χ2n) is 4.50. The van der Waals surface area contributed by atoms with E-state index >= 15 is 0 Å². The van der Waals surface area contributed by atoms with Crippen LogP contribution in [0, 0.1) is 5.82 Å². The summed E-state index contributed by atoms with van der Waals surface area (Å²) >= 11 is 0. The molecule has 0 spiro atoms. The molecule has 3 heteroatoms. The maximum absolute atomic E-state index is 13.7. The third kappa shape index (κ3) is 2.53. The van der Waals surface area contributed by atoms with E-state index in [-0.39, 0.29) is 18.0 Å². The second-order valence-corrected chi connectivity index (χ2v) is 4.50. The highest BCUT2D eigenvalue weighted by Gasteiger charge is 2.18. The van der Waals surface area contributed by atoms with Crippen molar-refractivity contribution < 1.29 is 9.13 Å². The maximum Gasteiger partial charge on any atom is 0.165 e. The number of halogens is 1. The third-order valence-electron chi connectivity index (χ3n) is 3.08. The van der Waals surface area contributed by atoms with Crippen molar-refractivity contribution in [3.63, 3.8) is 0 Å². The molecule has 0 amide bonds. The van der Waals surface area contributed by atoms with Crippen LogP contribution in [-0.4, -0.2) is 6.10 Å². The highest BCUT2D eigenvalue weighted by atomic mass is 19.1. The van der Waals surface area contributed by atoms with E-state index in [1.807, 2.05) is 13.0 Å². The molecule has 1 aromatic rings. The predicted molar refractivity (Wildman–Crippen MR) is 61.9 cm³/mol. The van der Waals surface area contributed by atoms with Crippen LogP contribution in [0.25, 0.3) is 0 Å². The average molecular weight is 223 g/mol. The summed E-state index contributed by atoms with van der Waals surface area (Å²) in [7, 11) is 0. The minimum Gasteiger partial charge on any atom is -0.487 e. The number of rotatable bonds is 3. The summed E-state index contributed by atoms with van der Waals surface area (Å²) in [5.41, 5.74) is 6.49. The Morgan fingerprint density at radius 1 is 1.38 bits per heavy atom. The lowest BCUT2D eigenvalue weighted by Crippen LogP contribution is -2.12. The normalized spacial score (nSPS) is 18.7. The van der Waals surface area contributed by atoms with E-state index in [2.05, 4.69) is 0 Å². The first-order chi connectivity index (χ1) is 7.66. The molecule has 2 N–H and O–H groups in total. The lowest BCUT2D eigenvalue weighted by molar-refractivity contribution is 0.200. The Morgan fingerprint density at radius 3 is 2.62 bits per heavy atom. The highest BCUT2D eigenvalue weighted by molar-refractivity contribution is 5.30. The monoisotopic (exact) mass is 223 g/mol. The lowest BCUT2D eigenvalue weighted by atomic mass is 10.1. The van der Waals surface area contributed by atoms with E-state index in [4.69, 9.17) is 10.5 Å². The Labute approximate surface area is 95.6 Å². The molecule has 16 heavy (non-hydrogen) atoms. The fourth-order valence-electron chi connectivity index (χ4n) is 2.08. The van der Waals surface area contributed by atoms with Gasteiger partial charge in [0, 0.05) is 6.04 Å². The van der Waals surface area contributed by atoms with E-state index in [1.165, 1.54) is 18.9 Å². The molecule has 1 fully saturated rings. The smallest absolute Gasteiger partial charge is 0.165 e. The molecular formula is C13H18FNO. The van der Waals surface area contributed by atoms with Crippen molar-refractivity contribution >= 4 is 0 Å². The zero-order valence-electron chi connectivity index (χ0n) is 9.58. The van der Waals surface area contributed by atoms with Crippen molar-refractivity contribution in [1.29, 1.82) is 0 Å². The van der Waals surface area contributed by atoms with E-state index in [9.17, 15) is 4.39 Å². The van der Waals surface area contributed by atoms with E-state index < -0.39 is 0 Å². The van der Waals surface area contributed by atoms with Crippen molar-refractivity contribution in [3.05, 3.63) is 29.6 Å². The van der Waals surface area contributed by atoms with Crippen LogP contribution >= 0.6 is 0 Å². The van der Waals surface area contributed by atoms with E-state index in [0.29, 0.717) is 5.75 Å². The van der Waals surface area contributed by atoms with Gasteiger partial charge in [0.2, 0.25) is 0 Å². The van der Waals surface area contributed by atoms with Gasteiger partial charge in [-0.05, 0) is 50.3 Å². The SMILES string of the molecule is C[C@H](N)c1ccc(OC2CCCC2)c(F)c1. The summed E-state index contributed by atoms with van der Waals surface area (Å²) < 4.78 is 19.3. The minimum atomic E-state index is -0.304. The van der Waals surface area contributed by atoms with Gasteiger partial charge in [0.05, 0.1) is 6.10 Å². The van der Waals surface area contributed by atoms with Crippen LogP contribution in [0.2, 0.25) is 0 Å². The van der Waals surface area contributed by atoms with Gasteiger partial charge in [0.25, 0.3) is 0 Å². The number of benzene rings is 1. The van der Waals surface area contributed by atoms with Crippen molar-refractivity contribution in [2.45, 2.75) is 44.8 Å². The molecule has 2 rings (SSSR count). The lowest BCUT2D eigenvalue weighted by Gasteiger charge is -2.15. The zero-order valence-corrected chi connectivity index (χ0v) is 9.58. The van der Waals surface area contributed by atoms with Crippen LogP contribution in [0.4, 0.5) is 4.39 Å². The highest BCUT2D eigenvalue weighted by Crippen LogP contribution is 2.27. The molecule has 0 unspecified atom stereocenters. The molecule has 0 bridgehead atoms. The number of ether oxygens (including phenoxy) is 1. The number of hydrogen-bond donors (Lipinski definition) is 1. The molecular weight excluding hydrogens is 205 g/mol. The molecule has 1 atom stereocenters. The Kier molecular flexibility index (Phi) is 3.44. The number of nitrogens with two attached hydrogens (primary N) is 1. The molecule has 0 aliphatic heterocycles. The molecule has 0 saturated heterocycles. The summed E-state index contributed by atoms with van der Waals surface area (Å²) in [4.78, 5) is 0. The van der Waals surface area contributed by atoms with Gasteiger partial charge in [-0.1, -0.05) is 6.07 Å². The summed E-state index contributed by atoms with van der Waals surface area (Å²) in [5.74, 6) is 0.0537. The van der Waals surface area contributed by atoms with Crippen LogP contribution < -0.4 is 10.5 Å². The van der Waals surface area contributed by atoms with Crippen molar-refractivity contribution in [3.8, 4) is 5.75 Å². The van der Waals surface area contributed by atoms with Crippen molar-refractivity contribution in [2.24, 2.45) is 5.73 Å². The van der Waals surface area contributed by atoms with Gasteiger partial charge in [-0.15, -0.1) is 0 Å². The van der Waals surface area contributed by atoms with Gasteiger partial charge < -0.3 is 10.5 Å². The zero-order chi connectivity index (χ0) is 11.5. The van der Waals surface area contributed by atoms with Gasteiger partial charge in [-0.2, -0.15) is 0 Å². The summed E-state index contributed by atoms with van der Waals surface area (Å²) in [6.45, 7) is 1.84. The third-order valence-corrected chi connectivity index (χ3v) is 3.08. The van der Waals surface area contributed by atoms with Crippen molar-refractivity contribution in [1.82, 2.24) is 0 Å². The van der Waals surface area contributed by atoms with Gasteiger partial charge in [0.15, 0.2) is 11.6 Å². The topological polar surface area (TPSA) is 35.2 Å². The molecule has 0 aromatic heterocycles. The standard InChI is InChI=1S/C13H18FNO/c1-9(15)10-6-7-13(12(14)8-10)16-11-4-2-3-5-11/h6-9,11H,2-5,15H2,1H3/t9-/m0/s1. The second kappa shape index (κ2) is 4.83. The summed E-state index contributed by atoms with van der Waals surface area (Å²) in [6, 6.07) is 4.84. The molecule has 1 aromatic carbocycles. The van der Waals surface area contributed by atoms with Crippen LogP contribution in [0.3, 0.4) is 0 Å². The number of hydrogen-bond acceptors (Lipinski definition) is 2. The Hall–Kier alpha value is -1.09. The fourth-order valence-corrected chi connectivity index (χ4v) is 2.08. The minimum absolute atomic E-state index is 0.143. The molecule has 2 nitrogen and oxygen atoms in total. The molecule has 88 valence electrons. The Bertz CT molecular complexity index is 359. The Balaban J connectivity index is 2.09. The van der Waals surface area contributed by atoms with Gasteiger partial charge >= 0.3 is 0 Å². The first-order valence-electron chi connectivity index (χ1n) is 5.88. The molecule has 1 saturated carbocycles. The largest absolute Gasteiger partial charge is 0.487 e. The molecule has 1 aliphatic rings. The summed E-state index contributed by atoms with van der Waals surface area (Å²) in [6.07, 6.45) is 4.63. The van der Waals surface area contributed by atoms with Gasteiger partial charge in [0.1, 0.15) is 0 Å². The first kappa shape index (κ1) is 11.4. The van der Waals surface area contributed by atoms with Crippen LogP contribution in [0.1, 0.15) is 44.2 Å². The first-order valence-corrected chi connectivity index (χ1v) is 5.88. The van der Waals surface area contributed by atoms with E-state index in [0.717, 1.165) is 18.4 Å². The maximum atomic E-state index is 13.7. The fraction of sp³-hybridized carbons (Fsp3) is 0.538. The van der Waals surface area contributed by atoms with Crippen LogP contribution in [0.5, 0.6) is 5.75 Å². The van der Waals surface area contributed by atoms with Crippen LogP contribution in [-0.2, 0) is 0 Å². The van der Waals surface area contributed by atoms with Gasteiger partial charge in [-0.25, -0.2) is 4.39 Å². The van der Waals surface area contributed by atoms with E-state index in [1.54, 1.807) is 6.07 Å². The average Bonchev–Trinajstić information content (AvgIpc) is 2.73. The molecule has 1 aliphatic carbocycles. The molecule has 0 radical (unpaired) electrons. The van der Waals surface area contributed by atoms with Gasteiger partial charge in [-0.3, -0.25) is 0 Å². The quantitative estimate of drug-likeness (QED) is 0.854.